The van der Waals surface area contributed by atoms with Gasteiger partial charge in [0.15, 0.2) is 0 Å². The number of nitrogens with zero attached hydrogens (tertiary/aromatic N) is 1. The molecule has 2 aromatic rings. The Morgan fingerprint density at radius 2 is 1.62 bits per heavy atom. The second-order valence-electron chi connectivity index (χ2n) is 5.36. The fourth-order valence-corrected chi connectivity index (χ4v) is 4.92. The first-order valence-corrected chi connectivity index (χ1v) is 9.00. The lowest BCUT2D eigenvalue weighted by atomic mass is 10.3. The van der Waals surface area contributed by atoms with E-state index in [2.05, 4.69) is 84.5 Å². The standard InChI is InChI=1S/C18H21N2P/c1-16-14-19-15-20(16)12-13-21(17-8-4-2-5-9-17)18-10-6-3-7-11-18/h2-11,16,19H,12-14H2,1H3. The molecule has 108 valence electrons. The van der Waals surface area contributed by atoms with Gasteiger partial charge < -0.3 is 0 Å². The quantitative estimate of drug-likeness (QED) is 0.853. The van der Waals surface area contributed by atoms with Crippen molar-refractivity contribution in [3.05, 3.63) is 67.3 Å². The van der Waals surface area contributed by atoms with Crippen LogP contribution in [-0.2, 0) is 0 Å². The van der Waals surface area contributed by atoms with Gasteiger partial charge >= 0.3 is 0 Å². The Kier molecular flexibility index (Phi) is 5.03. The predicted octanol–water partition coefficient (Wildman–Crippen LogP) is 2.41. The number of hydrogen-bond donors (Lipinski definition) is 1. The van der Waals surface area contributed by atoms with Crippen molar-refractivity contribution in [1.82, 2.24) is 10.2 Å². The minimum Gasteiger partial charge on any atom is -0.292 e. The molecule has 21 heavy (non-hydrogen) atoms. The zero-order valence-corrected chi connectivity index (χ0v) is 13.3. The fraction of sp³-hybridized carbons (Fsp3) is 0.278. The van der Waals surface area contributed by atoms with Crippen molar-refractivity contribution in [2.45, 2.75) is 13.0 Å². The second kappa shape index (κ2) is 7.17. The molecule has 0 aromatic heterocycles. The lowest BCUT2D eigenvalue weighted by Gasteiger charge is -2.24. The maximum atomic E-state index is 3.26. The van der Waals surface area contributed by atoms with Crippen LogP contribution in [0, 0.1) is 6.67 Å². The molecule has 2 aromatic carbocycles. The highest BCUT2D eigenvalue weighted by molar-refractivity contribution is 7.73. The van der Waals surface area contributed by atoms with E-state index in [9.17, 15) is 0 Å². The molecule has 1 N–H and O–H groups in total. The predicted molar refractivity (Wildman–Crippen MR) is 91.4 cm³/mol. The third-order valence-electron chi connectivity index (χ3n) is 3.85. The van der Waals surface area contributed by atoms with Gasteiger partial charge in [-0.25, -0.2) is 0 Å². The molecule has 1 unspecified atom stereocenters. The topological polar surface area (TPSA) is 15.3 Å². The Morgan fingerprint density at radius 1 is 1.05 bits per heavy atom. The molecule has 3 heteroatoms. The van der Waals surface area contributed by atoms with Crippen molar-refractivity contribution in [2.75, 3.05) is 19.3 Å². The molecule has 1 saturated heterocycles. The lowest BCUT2D eigenvalue weighted by molar-refractivity contribution is 0.331. The van der Waals surface area contributed by atoms with E-state index in [0.29, 0.717) is 6.04 Å². The fourth-order valence-electron chi connectivity index (χ4n) is 2.62. The number of hydrogen-bond acceptors (Lipinski definition) is 2. The van der Waals surface area contributed by atoms with E-state index in [1.54, 1.807) is 0 Å². The van der Waals surface area contributed by atoms with E-state index in [4.69, 9.17) is 0 Å². The number of benzene rings is 2. The summed E-state index contributed by atoms with van der Waals surface area (Å²) < 4.78 is 0. The van der Waals surface area contributed by atoms with Crippen LogP contribution in [0.15, 0.2) is 60.7 Å². The highest BCUT2D eigenvalue weighted by atomic mass is 31.1. The molecule has 1 heterocycles. The van der Waals surface area contributed by atoms with Gasteiger partial charge in [0.1, 0.15) is 6.67 Å². The van der Waals surface area contributed by atoms with Crippen molar-refractivity contribution in [2.24, 2.45) is 0 Å². The first-order chi connectivity index (χ1) is 10.3. The third-order valence-corrected chi connectivity index (χ3v) is 6.34. The molecular formula is C18H21N2P. The van der Waals surface area contributed by atoms with E-state index < -0.39 is 0 Å². The van der Waals surface area contributed by atoms with Crippen LogP contribution in [0.3, 0.4) is 0 Å². The zero-order chi connectivity index (χ0) is 14.5. The Labute approximate surface area is 128 Å². The van der Waals surface area contributed by atoms with Gasteiger partial charge in [0.05, 0.1) is 0 Å². The highest BCUT2D eigenvalue weighted by Gasteiger charge is 2.22. The second-order valence-corrected chi connectivity index (χ2v) is 7.69. The molecule has 0 spiro atoms. The van der Waals surface area contributed by atoms with Crippen LogP contribution >= 0.6 is 7.92 Å². The Hall–Kier alpha value is -1.21. The van der Waals surface area contributed by atoms with Gasteiger partial charge in [-0.2, -0.15) is 0 Å². The molecule has 0 saturated carbocycles. The van der Waals surface area contributed by atoms with Crippen LogP contribution in [-0.4, -0.2) is 30.2 Å². The Balaban J connectivity index is 1.76. The van der Waals surface area contributed by atoms with Crippen LogP contribution in [0.5, 0.6) is 0 Å². The summed E-state index contributed by atoms with van der Waals surface area (Å²) in [4.78, 5) is 2.31. The minimum absolute atomic E-state index is 0.296. The number of rotatable bonds is 5. The van der Waals surface area contributed by atoms with Gasteiger partial charge in [-0.15, -0.1) is 0 Å². The molecule has 1 aliphatic rings. The van der Waals surface area contributed by atoms with E-state index in [1.165, 1.54) is 16.8 Å². The number of nitrogens with one attached hydrogen (secondary N) is 1. The molecule has 2 nitrogen and oxygen atoms in total. The summed E-state index contributed by atoms with van der Waals surface area (Å²) in [5.41, 5.74) is 0. The van der Waals surface area contributed by atoms with Crippen LogP contribution in [0.1, 0.15) is 6.92 Å². The molecule has 0 aliphatic carbocycles. The molecular weight excluding hydrogens is 275 g/mol. The molecule has 1 atom stereocenters. The largest absolute Gasteiger partial charge is 0.292 e. The van der Waals surface area contributed by atoms with Crippen LogP contribution < -0.4 is 15.9 Å². The Morgan fingerprint density at radius 3 is 2.10 bits per heavy atom. The summed E-state index contributed by atoms with van der Waals surface area (Å²) in [6.45, 7) is 7.58. The average molecular weight is 296 g/mol. The van der Waals surface area contributed by atoms with E-state index in [-0.39, 0.29) is 7.92 Å². The van der Waals surface area contributed by atoms with Crippen LogP contribution in [0.25, 0.3) is 0 Å². The molecule has 0 bridgehead atoms. The summed E-state index contributed by atoms with van der Waals surface area (Å²) in [5.74, 6) is 0. The highest BCUT2D eigenvalue weighted by Crippen LogP contribution is 2.33. The van der Waals surface area contributed by atoms with Crippen molar-refractivity contribution in [1.29, 1.82) is 0 Å². The minimum atomic E-state index is -0.296. The first-order valence-electron chi connectivity index (χ1n) is 7.47. The molecule has 3 rings (SSSR count). The molecule has 1 fully saturated rings. The van der Waals surface area contributed by atoms with Crippen molar-refractivity contribution in [3.8, 4) is 0 Å². The van der Waals surface area contributed by atoms with Crippen molar-refractivity contribution >= 4 is 18.5 Å². The maximum absolute atomic E-state index is 3.26. The van der Waals surface area contributed by atoms with Gasteiger partial charge in [-0.3, -0.25) is 10.2 Å². The van der Waals surface area contributed by atoms with Gasteiger partial charge in [-0.05, 0) is 31.6 Å². The maximum Gasteiger partial charge on any atom is 0.143 e. The van der Waals surface area contributed by atoms with Crippen LogP contribution in [0.4, 0.5) is 0 Å². The van der Waals surface area contributed by atoms with Gasteiger partial charge in [0.2, 0.25) is 0 Å². The molecule has 2 radical (unpaired) electrons. The molecule has 1 aliphatic heterocycles. The summed E-state index contributed by atoms with van der Waals surface area (Å²) >= 11 is 0. The van der Waals surface area contributed by atoms with E-state index >= 15 is 0 Å². The van der Waals surface area contributed by atoms with E-state index in [0.717, 1.165) is 13.1 Å². The Bertz CT molecular complexity index is 504. The van der Waals surface area contributed by atoms with Gasteiger partial charge in [-0.1, -0.05) is 60.7 Å². The van der Waals surface area contributed by atoms with Crippen molar-refractivity contribution in [3.63, 3.8) is 0 Å². The summed E-state index contributed by atoms with van der Waals surface area (Å²) in [6, 6.07) is 22.4. The summed E-state index contributed by atoms with van der Waals surface area (Å²) in [7, 11) is -0.296. The normalized spacial score (nSPS) is 19.2. The third kappa shape index (κ3) is 3.71. The monoisotopic (exact) mass is 296 g/mol. The average Bonchev–Trinajstić information content (AvgIpc) is 2.95. The van der Waals surface area contributed by atoms with Crippen LogP contribution in [0.2, 0.25) is 0 Å². The SMILES string of the molecule is CC1CN[C]N1CCP(c1ccccc1)c1ccccc1. The summed E-state index contributed by atoms with van der Waals surface area (Å²) in [6.07, 6.45) is 1.17. The lowest BCUT2D eigenvalue weighted by Crippen LogP contribution is -2.30. The smallest absolute Gasteiger partial charge is 0.143 e. The van der Waals surface area contributed by atoms with Gasteiger partial charge in [0, 0.05) is 19.1 Å². The molecule has 0 amide bonds. The van der Waals surface area contributed by atoms with Crippen molar-refractivity contribution < 1.29 is 0 Å². The van der Waals surface area contributed by atoms with E-state index in [1.807, 2.05) is 0 Å². The first kappa shape index (κ1) is 14.7. The summed E-state index contributed by atoms with van der Waals surface area (Å²) in [5, 5.41) is 6.12. The van der Waals surface area contributed by atoms with Gasteiger partial charge in [0.25, 0.3) is 0 Å². The zero-order valence-electron chi connectivity index (χ0n) is 12.4.